The minimum absolute atomic E-state index is 0.253. The zero-order valence-electron chi connectivity index (χ0n) is 9.94. The summed E-state index contributed by atoms with van der Waals surface area (Å²) in [5.41, 5.74) is 1.52. The minimum atomic E-state index is -0.296. The molecule has 0 atom stereocenters. The van der Waals surface area contributed by atoms with E-state index in [0.717, 1.165) is 12.1 Å². The fraction of sp³-hybridized carbons (Fsp3) is 0.385. The zero-order valence-corrected chi connectivity index (χ0v) is 9.94. The topological polar surface area (TPSA) is 41.6 Å². The first-order valence-electron chi connectivity index (χ1n) is 5.63. The predicted molar refractivity (Wildman–Crippen MR) is 63.8 cm³/mol. The molecule has 0 saturated carbocycles. The first-order chi connectivity index (χ1) is 8.11. The van der Waals surface area contributed by atoms with Crippen LogP contribution in [0.4, 0.5) is 4.39 Å². The van der Waals surface area contributed by atoms with Gasteiger partial charge in [-0.05, 0) is 18.1 Å². The first-order valence-corrected chi connectivity index (χ1v) is 5.63. The third kappa shape index (κ3) is 2.28. The number of nitrogens with zero attached hydrogens (tertiary/aromatic N) is 3. The highest BCUT2D eigenvalue weighted by atomic mass is 19.1. The number of rotatable bonds is 3. The van der Waals surface area contributed by atoms with Crippen molar-refractivity contribution in [2.75, 3.05) is 0 Å². The number of imidazole rings is 1. The third-order valence-electron chi connectivity index (χ3n) is 2.57. The maximum atomic E-state index is 13.1. The number of halogens is 1. The molecule has 0 N–H and O–H groups in total. The summed E-state index contributed by atoms with van der Waals surface area (Å²) >= 11 is 0. The van der Waals surface area contributed by atoms with Crippen LogP contribution >= 0.6 is 0 Å². The van der Waals surface area contributed by atoms with Gasteiger partial charge in [-0.1, -0.05) is 13.8 Å². The second-order valence-corrected chi connectivity index (χ2v) is 4.50. The summed E-state index contributed by atoms with van der Waals surface area (Å²) in [5.74, 6) is 0.868. The van der Waals surface area contributed by atoms with Gasteiger partial charge in [0.05, 0.1) is 23.5 Å². The van der Waals surface area contributed by atoms with Crippen LogP contribution in [0.1, 0.15) is 19.7 Å². The van der Waals surface area contributed by atoms with Gasteiger partial charge in [-0.15, -0.1) is 0 Å². The van der Waals surface area contributed by atoms with Crippen LogP contribution in [0.5, 0.6) is 0 Å². The van der Waals surface area contributed by atoms with Gasteiger partial charge in [0.15, 0.2) is 0 Å². The van der Waals surface area contributed by atoms with E-state index >= 15 is 0 Å². The molecule has 17 heavy (non-hydrogen) atoms. The number of aromatic nitrogens is 2. The van der Waals surface area contributed by atoms with Crippen LogP contribution in [0.25, 0.3) is 11.0 Å². The van der Waals surface area contributed by atoms with E-state index in [4.69, 9.17) is 5.26 Å². The molecule has 0 amide bonds. The summed E-state index contributed by atoms with van der Waals surface area (Å²) in [4.78, 5) is 4.32. The van der Waals surface area contributed by atoms with Crippen molar-refractivity contribution < 1.29 is 4.39 Å². The average Bonchev–Trinajstić information content (AvgIpc) is 2.56. The second-order valence-electron chi connectivity index (χ2n) is 4.50. The smallest absolute Gasteiger partial charge is 0.125 e. The number of fused-ring (bicyclic) bond motifs is 1. The molecule has 1 aromatic heterocycles. The number of hydrogen-bond donors (Lipinski definition) is 0. The third-order valence-corrected chi connectivity index (χ3v) is 2.57. The fourth-order valence-electron chi connectivity index (χ4n) is 1.93. The molecule has 3 nitrogen and oxygen atoms in total. The zero-order chi connectivity index (χ0) is 12.4. The monoisotopic (exact) mass is 231 g/mol. The van der Waals surface area contributed by atoms with Crippen molar-refractivity contribution in [2.24, 2.45) is 5.92 Å². The number of hydrogen-bond acceptors (Lipinski definition) is 2. The second kappa shape index (κ2) is 4.54. The first kappa shape index (κ1) is 11.6. The Morgan fingerprint density at radius 1 is 1.47 bits per heavy atom. The Hall–Kier alpha value is -1.89. The van der Waals surface area contributed by atoms with E-state index in [0.29, 0.717) is 17.3 Å². The molecule has 2 rings (SSSR count). The SMILES string of the molecule is CC(C)Cn1c(CC#N)nc2cc(F)ccc21. The lowest BCUT2D eigenvalue weighted by Crippen LogP contribution is -2.08. The molecule has 0 bridgehead atoms. The van der Waals surface area contributed by atoms with Gasteiger partial charge in [-0.25, -0.2) is 9.37 Å². The van der Waals surface area contributed by atoms with Gasteiger partial charge in [0.2, 0.25) is 0 Å². The van der Waals surface area contributed by atoms with Gasteiger partial charge >= 0.3 is 0 Å². The molecule has 0 fully saturated rings. The molecule has 0 unspecified atom stereocenters. The summed E-state index contributed by atoms with van der Waals surface area (Å²) in [6.45, 7) is 5.00. The molecule has 0 aliphatic rings. The Morgan fingerprint density at radius 2 is 2.24 bits per heavy atom. The quantitative estimate of drug-likeness (QED) is 0.815. The van der Waals surface area contributed by atoms with E-state index in [2.05, 4.69) is 24.9 Å². The van der Waals surface area contributed by atoms with Crippen molar-refractivity contribution in [3.05, 3.63) is 29.8 Å². The molecule has 0 saturated heterocycles. The molecule has 2 aromatic rings. The molecule has 0 aliphatic carbocycles. The highest BCUT2D eigenvalue weighted by molar-refractivity contribution is 5.76. The van der Waals surface area contributed by atoms with Crippen molar-refractivity contribution >= 4 is 11.0 Å². The van der Waals surface area contributed by atoms with Gasteiger partial charge in [0, 0.05) is 12.6 Å². The Kier molecular flexibility index (Phi) is 3.10. The largest absolute Gasteiger partial charge is 0.327 e. The Balaban J connectivity index is 2.59. The lowest BCUT2D eigenvalue weighted by molar-refractivity contribution is 0.521. The Morgan fingerprint density at radius 3 is 2.88 bits per heavy atom. The fourth-order valence-corrected chi connectivity index (χ4v) is 1.93. The number of nitriles is 1. The maximum Gasteiger partial charge on any atom is 0.125 e. The summed E-state index contributed by atoms with van der Waals surface area (Å²) in [6.07, 6.45) is 0.253. The average molecular weight is 231 g/mol. The predicted octanol–water partition coefficient (Wildman–Crippen LogP) is 2.90. The maximum absolute atomic E-state index is 13.1. The van der Waals surface area contributed by atoms with E-state index in [1.807, 2.05) is 4.57 Å². The van der Waals surface area contributed by atoms with Gasteiger partial charge < -0.3 is 4.57 Å². The molecule has 0 spiro atoms. The summed E-state index contributed by atoms with van der Waals surface area (Å²) in [6, 6.07) is 6.66. The van der Waals surface area contributed by atoms with Gasteiger partial charge in [-0.2, -0.15) is 5.26 Å². The van der Waals surface area contributed by atoms with E-state index in [9.17, 15) is 4.39 Å². The van der Waals surface area contributed by atoms with E-state index in [1.165, 1.54) is 12.1 Å². The van der Waals surface area contributed by atoms with Crippen LogP contribution < -0.4 is 0 Å². The van der Waals surface area contributed by atoms with E-state index < -0.39 is 0 Å². The normalized spacial score (nSPS) is 11.0. The van der Waals surface area contributed by atoms with Crippen molar-refractivity contribution in [2.45, 2.75) is 26.8 Å². The van der Waals surface area contributed by atoms with E-state index in [-0.39, 0.29) is 12.2 Å². The number of benzene rings is 1. The molecule has 1 aromatic carbocycles. The van der Waals surface area contributed by atoms with Gasteiger partial charge in [0.1, 0.15) is 11.6 Å². The highest BCUT2D eigenvalue weighted by Gasteiger charge is 2.11. The minimum Gasteiger partial charge on any atom is -0.327 e. The molecule has 4 heteroatoms. The van der Waals surface area contributed by atoms with Crippen molar-refractivity contribution in [3.63, 3.8) is 0 Å². The van der Waals surface area contributed by atoms with Crippen LogP contribution in [-0.4, -0.2) is 9.55 Å². The van der Waals surface area contributed by atoms with Crippen molar-refractivity contribution in [1.29, 1.82) is 5.26 Å². The molecular formula is C13H14FN3. The molecule has 0 aliphatic heterocycles. The highest BCUT2D eigenvalue weighted by Crippen LogP contribution is 2.19. The van der Waals surface area contributed by atoms with Crippen LogP contribution in [0.3, 0.4) is 0 Å². The molecule has 0 radical (unpaired) electrons. The Bertz CT molecular complexity index is 578. The van der Waals surface area contributed by atoms with Crippen LogP contribution in [-0.2, 0) is 13.0 Å². The van der Waals surface area contributed by atoms with Crippen molar-refractivity contribution in [1.82, 2.24) is 9.55 Å². The van der Waals surface area contributed by atoms with E-state index in [1.54, 1.807) is 6.07 Å². The lowest BCUT2D eigenvalue weighted by Gasteiger charge is -2.10. The van der Waals surface area contributed by atoms with Crippen LogP contribution in [0.2, 0.25) is 0 Å². The van der Waals surface area contributed by atoms with Crippen LogP contribution in [0.15, 0.2) is 18.2 Å². The van der Waals surface area contributed by atoms with Gasteiger partial charge in [0.25, 0.3) is 0 Å². The summed E-state index contributed by atoms with van der Waals surface area (Å²) in [7, 11) is 0. The Labute approximate surface area is 99.5 Å². The summed E-state index contributed by atoms with van der Waals surface area (Å²) in [5, 5.41) is 8.78. The lowest BCUT2D eigenvalue weighted by atomic mass is 10.2. The molecule has 1 heterocycles. The molecule has 88 valence electrons. The summed E-state index contributed by atoms with van der Waals surface area (Å²) < 4.78 is 15.1. The van der Waals surface area contributed by atoms with Crippen molar-refractivity contribution in [3.8, 4) is 6.07 Å². The standard InChI is InChI=1S/C13H14FN3/c1-9(2)8-17-12-4-3-10(14)7-11(12)16-13(17)5-6-15/h3-4,7,9H,5,8H2,1-2H3. The van der Waals surface area contributed by atoms with Crippen LogP contribution in [0, 0.1) is 23.1 Å². The van der Waals surface area contributed by atoms with Gasteiger partial charge in [-0.3, -0.25) is 0 Å². The molecular weight excluding hydrogens is 217 g/mol.